The van der Waals surface area contributed by atoms with Gasteiger partial charge in [-0.05, 0) is 70.6 Å². The molecule has 25 nitrogen and oxygen atoms in total. The van der Waals surface area contributed by atoms with Crippen molar-refractivity contribution >= 4 is 70.4 Å². The summed E-state index contributed by atoms with van der Waals surface area (Å²) in [6.45, 7) is 21.1. The van der Waals surface area contributed by atoms with Gasteiger partial charge in [-0.2, -0.15) is 0 Å². The molecule has 0 radical (unpaired) electrons. The Morgan fingerprint density at radius 3 is 2.16 bits per heavy atom. The van der Waals surface area contributed by atoms with E-state index in [1.807, 2.05) is 74.6 Å². The number of hydrogen-bond acceptors (Lipinski definition) is 18. The number of carbonyl (C=O) groups is 8. The third kappa shape index (κ3) is 21.7. The van der Waals surface area contributed by atoms with Crippen LogP contribution in [-0.4, -0.2) is 189 Å². The highest BCUT2D eigenvalue weighted by molar-refractivity contribution is 7.99. The fraction of sp³-hybridized carbons (Fsp3) is 0.741. The van der Waals surface area contributed by atoms with Crippen LogP contribution in [0.2, 0.25) is 0 Å². The van der Waals surface area contributed by atoms with Gasteiger partial charge in [-0.1, -0.05) is 61.8 Å². The van der Waals surface area contributed by atoms with E-state index in [4.69, 9.17) is 25.8 Å². The number of hydrogen-bond donors (Lipinski definition) is 8. The van der Waals surface area contributed by atoms with E-state index in [0.717, 1.165) is 27.8 Å². The number of rotatable bonds is 38. The number of thiazole rings is 1. The van der Waals surface area contributed by atoms with Gasteiger partial charge < -0.3 is 66.1 Å². The number of aromatic hydroxyl groups is 2. The highest BCUT2D eigenvalue weighted by atomic mass is 32.2. The summed E-state index contributed by atoms with van der Waals surface area (Å²) in [6.07, 6.45) is 3.62. The lowest BCUT2D eigenvalue weighted by Gasteiger charge is -2.41. The van der Waals surface area contributed by atoms with Gasteiger partial charge in [0.05, 0.1) is 53.7 Å². The third-order valence-corrected chi connectivity index (χ3v) is 18.1. The predicted molar refractivity (Wildman–Crippen MR) is 323 cm³/mol. The average Bonchev–Trinajstić information content (AvgIpc) is 4.35. The number of nitrogens with zero attached hydrogens (tertiary/aromatic N) is 5. The molecule has 0 saturated carbocycles. The molecule has 1 aliphatic heterocycles. The van der Waals surface area contributed by atoms with Crippen molar-refractivity contribution in [3.63, 3.8) is 0 Å². The number of amides is 8. The summed E-state index contributed by atoms with van der Waals surface area (Å²) in [7, 11) is 6.34. The molecule has 0 aliphatic carbocycles. The van der Waals surface area contributed by atoms with Crippen LogP contribution in [-0.2, 0) is 70.5 Å². The number of primary amides is 1. The van der Waals surface area contributed by atoms with Gasteiger partial charge in [0.25, 0.3) is 0 Å². The zero-order chi connectivity index (χ0) is 64.1. The van der Waals surface area contributed by atoms with Gasteiger partial charge in [0.1, 0.15) is 29.7 Å². The van der Waals surface area contributed by atoms with Crippen LogP contribution < -0.4 is 32.9 Å². The van der Waals surface area contributed by atoms with E-state index in [2.05, 4.69) is 31.1 Å². The van der Waals surface area contributed by atoms with Crippen LogP contribution in [0.3, 0.4) is 0 Å². The molecule has 2 aromatic heterocycles. The minimum Gasteiger partial charge on any atom is -0.494 e. The smallest absolute Gasteiger partial charge is 0.248 e. The molecule has 0 bridgehead atoms. The average molecular weight is 1240 g/mol. The number of likely N-dealkylation sites (tertiary alicyclic amines) is 1. The molecule has 1 aliphatic rings. The molecule has 85 heavy (non-hydrogen) atoms. The Morgan fingerprint density at radius 1 is 0.918 bits per heavy atom. The van der Waals surface area contributed by atoms with Crippen molar-refractivity contribution in [2.75, 3.05) is 53.8 Å². The quantitative estimate of drug-likeness (QED) is 0.0350. The maximum Gasteiger partial charge on any atom is 0.248 e. The standard InChI is InChI=1S/C58H99N11O14S2/c1-16-36(7)50(40(80-14)29-46(73)68-25-18-19-39(68)51(81-15)37(8)53(76)62-31-44-61-24-28-84-44)67(13)56(79)48(34(3)4)64-54(77)49(35(5)6)66(12)45(72)20-22-58(11,17-2)82-27-23-57(9,10)65-42(70)21-26-69-47(74)30-41(55(69)78)85-33-38(52(59)75)63-43(71)32-83-60/h24,28,30,34-40,48-51,74,78H,16-23,25-27,29,31-33,60H2,1-15H3,(H2,59,75)(H,62,76)(H,63,71)(H,64,77)(H,65,70). The topological polar surface area (TPSA) is 342 Å². The van der Waals surface area contributed by atoms with E-state index >= 15 is 0 Å². The monoisotopic (exact) mass is 1240 g/mol. The Kier molecular flexibility index (Phi) is 30.1. The number of ether oxygens (including phenoxy) is 3. The van der Waals surface area contributed by atoms with Crippen LogP contribution in [0.25, 0.3) is 0 Å². The maximum atomic E-state index is 14.8. The molecule has 27 heteroatoms. The number of nitrogens with two attached hydrogens (primary N) is 2. The molecule has 0 spiro atoms. The summed E-state index contributed by atoms with van der Waals surface area (Å²) in [5, 5.41) is 35.3. The van der Waals surface area contributed by atoms with Crippen molar-refractivity contribution in [2.24, 2.45) is 35.3 Å². The van der Waals surface area contributed by atoms with E-state index in [9.17, 15) is 48.6 Å². The maximum absolute atomic E-state index is 14.8. The van der Waals surface area contributed by atoms with E-state index in [1.54, 1.807) is 44.1 Å². The number of likely N-dealkylation sites (N-methyl/N-ethyl adjacent to an activating group) is 2. The summed E-state index contributed by atoms with van der Waals surface area (Å²) >= 11 is 2.41. The van der Waals surface area contributed by atoms with Gasteiger partial charge >= 0.3 is 0 Å². The first-order valence-corrected chi connectivity index (χ1v) is 31.2. The molecule has 8 amide bonds. The number of aromatic nitrogens is 2. The lowest BCUT2D eigenvalue weighted by molar-refractivity contribution is -0.148. The van der Waals surface area contributed by atoms with Crippen molar-refractivity contribution in [3.8, 4) is 11.8 Å². The van der Waals surface area contributed by atoms with Crippen molar-refractivity contribution in [2.45, 2.75) is 205 Å². The van der Waals surface area contributed by atoms with Crippen LogP contribution >= 0.6 is 23.1 Å². The molecule has 10 atom stereocenters. The molecular formula is C58H99N11O14S2. The molecule has 1 fully saturated rings. The van der Waals surface area contributed by atoms with E-state index in [-0.39, 0.29) is 108 Å². The number of methoxy groups -OCH3 is 2. The largest absolute Gasteiger partial charge is 0.494 e. The van der Waals surface area contributed by atoms with Crippen molar-refractivity contribution in [1.29, 1.82) is 0 Å². The molecule has 10 unspecified atom stereocenters. The lowest BCUT2D eigenvalue weighted by atomic mass is 9.89. The van der Waals surface area contributed by atoms with E-state index < -0.39 is 77.8 Å². The summed E-state index contributed by atoms with van der Waals surface area (Å²) < 4.78 is 19.6. The number of carbonyl (C=O) groups excluding carboxylic acids is 8. The zero-order valence-electron chi connectivity index (χ0n) is 52.7. The van der Waals surface area contributed by atoms with Gasteiger partial charge in [0.2, 0.25) is 53.1 Å². The van der Waals surface area contributed by atoms with Crippen molar-refractivity contribution in [1.82, 2.24) is 45.5 Å². The van der Waals surface area contributed by atoms with Crippen LogP contribution in [0.5, 0.6) is 11.8 Å². The Labute approximate surface area is 510 Å². The van der Waals surface area contributed by atoms with Gasteiger partial charge in [-0.3, -0.25) is 47.8 Å². The molecule has 0 aromatic carbocycles. The minimum absolute atomic E-state index is 0.0377. The fourth-order valence-electron chi connectivity index (χ4n) is 10.7. The van der Waals surface area contributed by atoms with Crippen molar-refractivity contribution < 1.29 is 67.6 Å². The van der Waals surface area contributed by atoms with Crippen LogP contribution in [0.4, 0.5) is 0 Å². The van der Waals surface area contributed by atoms with Crippen LogP contribution in [0.1, 0.15) is 139 Å². The molecular weight excluding hydrogens is 1140 g/mol. The van der Waals surface area contributed by atoms with Crippen LogP contribution in [0.15, 0.2) is 22.5 Å². The molecule has 1 saturated heterocycles. The summed E-state index contributed by atoms with van der Waals surface area (Å²) in [4.78, 5) is 121. The predicted octanol–water partition coefficient (Wildman–Crippen LogP) is 3.81. The van der Waals surface area contributed by atoms with Gasteiger partial charge in [0, 0.05) is 89.8 Å². The first-order chi connectivity index (χ1) is 39.9. The minimum atomic E-state index is -1.12. The third-order valence-electron chi connectivity index (χ3n) is 16.2. The highest BCUT2D eigenvalue weighted by Crippen LogP contribution is 2.36. The Hall–Kier alpha value is -5.58. The summed E-state index contributed by atoms with van der Waals surface area (Å²) in [6, 6.07) is -2.70. The highest BCUT2D eigenvalue weighted by Gasteiger charge is 2.44. The first kappa shape index (κ1) is 73.7. The van der Waals surface area contributed by atoms with E-state index in [1.165, 1.54) is 29.4 Å². The second kappa shape index (κ2) is 34.7. The van der Waals surface area contributed by atoms with Gasteiger partial charge in [-0.15, -0.1) is 23.1 Å². The van der Waals surface area contributed by atoms with Crippen LogP contribution in [0, 0.1) is 23.7 Å². The number of thioether (sulfide) groups is 1. The first-order valence-electron chi connectivity index (χ1n) is 29.3. The summed E-state index contributed by atoms with van der Waals surface area (Å²) in [5.74, 6) is -0.599. The second-order valence-corrected chi connectivity index (χ2v) is 25.8. The number of nitrogens with one attached hydrogen (secondary N) is 4. The Morgan fingerprint density at radius 2 is 1.60 bits per heavy atom. The summed E-state index contributed by atoms with van der Waals surface area (Å²) in [5.41, 5.74) is 3.91. The lowest BCUT2D eigenvalue weighted by Crippen LogP contribution is -2.60. The normalized spacial score (nSPS) is 17.2. The fourth-order valence-corrected chi connectivity index (χ4v) is 12.3. The Balaban J connectivity index is 1.62. The zero-order valence-corrected chi connectivity index (χ0v) is 54.3. The van der Waals surface area contributed by atoms with Gasteiger partial charge in [0.15, 0.2) is 5.88 Å². The molecule has 10 N–H and O–H groups in total. The van der Waals surface area contributed by atoms with Crippen molar-refractivity contribution in [3.05, 3.63) is 22.7 Å². The molecule has 3 heterocycles. The Bertz CT molecular complexity index is 2500. The molecule has 482 valence electrons. The SMILES string of the molecule is CCC(C)C(C(CC(=O)N1CCCC1C(OC)C(C)C(=O)NCc1nccs1)OC)N(C)C(=O)C(NC(=O)C(C(C)C)N(C)C(=O)CCC(C)(CC)OCCC(C)(C)NC(=O)CCn1c(O)cc(SCC(NC(=O)CON)C(N)=O)c1O)C(C)C. The van der Waals surface area contributed by atoms with E-state index in [0.29, 0.717) is 45.2 Å². The molecule has 3 rings (SSSR count). The molecule has 2 aromatic rings. The van der Waals surface area contributed by atoms with Gasteiger partial charge in [-0.25, -0.2) is 10.9 Å². The second-order valence-electron chi connectivity index (χ2n) is 23.7.